The van der Waals surface area contributed by atoms with Crippen LogP contribution in [0.1, 0.15) is 12.8 Å². The van der Waals surface area contributed by atoms with Gasteiger partial charge in [0.05, 0.1) is 6.61 Å². The Morgan fingerprint density at radius 3 is 2.67 bits per heavy atom. The lowest BCUT2D eigenvalue weighted by Gasteiger charge is -2.12. The molecule has 0 aromatic rings. The highest BCUT2D eigenvalue weighted by Crippen LogP contribution is 2.15. The molecule has 0 saturated carbocycles. The number of allylic oxidation sites excluding steroid dienone is 2. The van der Waals surface area contributed by atoms with Gasteiger partial charge in [0.25, 0.3) is 6.43 Å². The monoisotopic (exact) mass is 133 g/mol. The zero-order valence-corrected chi connectivity index (χ0v) is 4.86. The van der Waals surface area contributed by atoms with Gasteiger partial charge >= 0.3 is 0 Å². The molecule has 1 rings (SSSR count). The van der Waals surface area contributed by atoms with Crippen molar-refractivity contribution in [2.24, 2.45) is 0 Å². The van der Waals surface area contributed by atoms with Crippen LogP contribution in [0.5, 0.6) is 0 Å². The first-order valence-electron chi connectivity index (χ1n) is 2.82. The Labute approximate surface area is 52.3 Å². The van der Waals surface area contributed by atoms with E-state index in [1.807, 2.05) is 0 Å². The van der Waals surface area contributed by atoms with Crippen LogP contribution in [0.15, 0.2) is 5.76 Å². The molecule has 51 valence electrons. The van der Waals surface area contributed by atoms with Crippen molar-refractivity contribution in [1.29, 1.82) is 0 Å². The fourth-order valence-corrected chi connectivity index (χ4v) is 0.657. The highest BCUT2D eigenvalue weighted by atomic mass is 19.3. The Balaban J connectivity index is 2.46. The van der Waals surface area contributed by atoms with Gasteiger partial charge in [-0.25, -0.2) is 8.78 Å². The summed E-state index contributed by atoms with van der Waals surface area (Å²) in [5.41, 5.74) is 0. The Hall–Kier alpha value is -0.600. The van der Waals surface area contributed by atoms with Crippen LogP contribution in [0.2, 0.25) is 0 Å². The van der Waals surface area contributed by atoms with E-state index in [1.165, 1.54) is 0 Å². The summed E-state index contributed by atoms with van der Waals surface area (Å²) in [7, 11) is 0. The maximum absolute atomic E-state index is 11.7. The van der Waals surface area contributed by atoms with Crippen LogP contribution in [0.3, 0.4) is 0 Å². The smallest absolute Gasteiger partial charge is 0.295 e. The van der Waals surface area contributed by atoms with Crippen LogP contribution in [-0.4, -0.2) is 13.0 Å². The zero-order chi connectivity index (χ0) is 6.69. The molecule has 0 atom stereocenters. The summed E-state index contributed by atoms with van der Waals surface area (Å²) in [6.07, 6.45) is 1.38. The molecule has 1 aliphatic rings. The van der Waals surface area contributed by atoms with Crippen LogP contribution in [0.4, 0.5) is 8.78 Å². The number of alkyl halides is 2. The molecule has 1 radical (unpaired) electrons. The third-order valence-corrected chi connectivity index (χ3v) is 1.08. The van der Waals surface area contributed by atoms with Gasteiger partial charge in [0.1, 0.15) is 0 Å². The minimum absolute atomic E-state index is 0.277. The number of halogens is 2. The van der Waals surface area contributed by atoms with Crippen LogP contribution < -0.4 is 0 Å². The first-order chi connectivity index (χ1) is 4.30. The van der Waals surface area contributed by atoms with E-state index in [4.69, 9.17) is 0 Å². The van der Waals surface area contributed by atoms with Gasteiger partial charge in [0, 0.05) is 6.08 Å². The molecule has 0 N–H and O–H groups in total. The van der Waals surface area contributed by atoms with Gasteiger partial charge in [-0.1, -0.05) is 0 Å². The minimum atomic E-state index is -2.48. The van der Waals surface area contributed by atoms with E-state index in [2.05, 4.69) is 10.8 Å². The lowest BCUT2D eigenvalue weighted by atomic mass is 10.2. The molecule has 0 spiro atoms. The fourth-order valence-electron chi connectivity index (χ4n) is 0.657. The highest BCUT2D eigenvalue weighted by molar-refractivity contribution is 4.92. The summed E-state index contributed by atoms with van der Waals surface area (Å²) in [4.78, 5) is 0. The lowest BCUT2D eigenvalue weighted by molar-refractivity contribution is 0.0708. The van der Waals surface area contributed by atoms with E-state index in [-0.39, 0.29) is 5.76 Å². The zero-order valence-electron chi connectivity index (χ0n) is 4.86. The maximum atomic E-state index is 11.7. The Kier molecular flexibility index (Phi) is 2.03. The fraction of sp³-hybridized carbons (Fsp3) is 0.667. The summed E-state index contributed by atoms with van der Waals surface area (Å²) >= 11 is 0. The molecular formula is C6H7F2O. The largest absolute Gasteiger partial charge is 0.492 e. The van der Waals surface area contributed by atoms with Crippen molar-refractivity contribution >= 4 is 0 Å². The van der Waals surface area contributed by atoms with Crippen molar-refractivity contribution in [2.75, 3.05) is 6.61 Å². The molecule has 0 aromatic carbocycles. The molecule has 0 unspecified atom stereocenters. The lowest BCUT2D eigenvalue weighted by Crippen LogP contribution is -2.08. The molecule has 1 heterocycles. The van der Waals surface area contributed by atoms with Crippen LogP contribution in [-0.2, 0) is 4.74 Å². The average Bonchev–Trinajstić information content (AvgIpc) is 1.90. The van der Waals surface area contributed by atoms with Gasteiger partial charge in [-0.2, -0.15) is 0 Å². The topological polar surface area (TPSA) is 9.23 Å². The predicted octanol–water partition coefficient (Wildman–Crippen LogP) is 1.75. The number of rotatable bonds is 1. The van der Waals surface area contributed by atoms with E-state index in [1.54, 1.807) is 0 Å². The molecule has 9 heavy (non-hydrogen) atoms. The van der Waals surface area contributed by atoms with Gasteiger partial charge in [-0.15, -0.1) is 0 Å². The van der Waals surface area contributed by atoms with Crippen LogP contribution in [0.25, 0.3) is 0 Å². The molecule has 0 saturated heterocycles. The molecule has 0 amide bonds. The number of hydrogen-bond acceptors (Lipinski definition) is 1. The Morgan fingerprint density at radius 1 is 1.56 bits per heavy atom. The normalized spacial score (nSPS) is 19.2. The second-order valence-electron chi connectivity index (χ2n) is 1.79. The van der Waals surface area contributed by atoms with Crippen molar-refractivity contribution in [3.63, 3.8) is 0 Å². The van der Waals surface area contributed by atoms with E-state index in [0.29, 0.717) is 13.0 Å². The summed E-state index contributed by atoms with van der Waals surface area (Å²) in [5, 5.41) is 0. The molecule has 0 bridgehead atoms. The molecular weight excluding hydrogens is 126 g/mol. The van der Waals surface area contributed by atoms with Crippen LogP contribution >= 0.6 is 0 Å². The van der Waals surface area contributed by atoms with Crippen molar-refractivity contribution in [3.8, 4) is 0 Å². The molecule has 0 aromatic heterocycles. The molecule has 1 nitrogen and oxygen atoms in total. The second kappa shape index (κ2) is 2.80. The summed E-state index contributed by atoms with van der Waals surface area (Å²) in [5.74, 6) is -0.277. The van der Waals surface area contributed by atoms with Crippen molar-refractivity contribution in [2.45, 2.75) is 19.3 Å². The van der Waals surface area contributed by atoms with Crippen LogP contribution in [0, 0.1) is 6.08 Å². The maximum Gasteiger partial charge on any atom is 0.295 e. The first-order valence-corrected chi connectivity index (χ1v) is 2.82. The minimum Gasteiger partial charge on any atom is -0.492 e. The van der Waals surface area contributed by atoms with Gasteiger partial charge in [-0.3, -0.25) is 0 Å². The molecule has 1 aliphatic heterocycles. The summed E-state index contributed by atoms with van der Waals surface area (Å²) < 4.78 is 28.0. The van der Waals surface area contributed by atoms with E-state index >= 15 is 0 Å². The Morgan fingerprint density at radius 2 is 2.33 bits per heavy atom. The number of hydrogen-bond donors (Lipinski definition) is 0. The predicted molar refractivity (Wildman–Crippen MR) is 27.9 cm³/mol. The third kappa shape index (κ3) is 1.66. The van der Waals surface area contributed by atoms with Gasteiger partial charge in [0.15, 0.2) is 5.76 Å². The molecule has 3 heteroatoms. The van der Waals surface area contributed by atoms with E-state index in [9.17, 15) is 8.78 Å². The standard InChI is InChI=1S/C6H7F2O/c7-6(8)5-3-1-2-4-9-5/h6H,1-2,4H2. The van der Waals surface area contributed by atoms with Gasteiger partial charge in [-0.05, 0) is 12.8 Å². The van der Waals surface area contributed by atoms with Gasteiger partial charge in [0.2, 0.25) is 0 Å². The van der Waals surface area contributed by atoms with Crippen molar-refractivity contribution < 1.29 is 13.5 Å². The van der Waals surface area contributed by atoms with E-state index < -0.39 is 6.43 Å². The number of ether oxygens (including phenoxy) is 1. The SMILES string of the molecule is FC(F)C1=[C]CCCO1. The third-order valence-electron chi connectivity index (χ3n) is 1.08. The highest BCUT2D eigenvalue weighted by Gasteiger charge is 2.14. The molecule has 0 aliphatic carbocycles. The summed E-state index contributed by atoms with van der Waals surface area (Å²) in [6.45, 7) is 0.409. The quantitative estimate of drug-likeness (QED) is 0.529. The van der Waals surface area contributed by atoms with Gasteiger partial charge < -0.3 is 4.74 Å². The Bertz CT molecular complexity index is 120. The van der Waals surface area contributed by atoms with Crippen molar-refractivity contribution in [1.82, 2.24) is 0 Å². The van der Waals surface area contributed by atoms with E-state index in [0.717, 1.165) is 6.42 Å². The second-order valence-corrected chi connectivity index (χ2v) is 1.79. The molecule has 0 fully saturated rings. The van der Waals surface area contributed by atoms with Crippen molar-refractivity contribution in [3.05, 3.63) is 11.8 Å². The summed E-state index contributed by atoms with van der Waals surface area (Å²) in [6, 6.07) is 0. The average molecular weight is 133 g/mol. The first kappa shape index (κ1) is 6.52.